The maximum atomic E-state index is 5.56. The van der Waals surface area contributed by atoms with Gasteiger partial charge in [0.25, 0.3) is 0 Å². The van der Waals surface area contributed by atoms with Crippen LogP contribution >= 0.6 is 0 Å². The molecule has 0 aliphatic rings. The summed E-state index contributed by atoms with van der Waals surface area (Å²) >= 11 is 0. The van der Waals surface area contributed by atoms with Crippen LogP contribution in [0, 0.1) is 0 Å². The Morgan fingerprint density at radius 1 is 1.29 bits per heavy atom. The van der Waals surface area contributed by atoms with Crippen molar-refractivity contribution in [3.8, 4) is 17.1 Å². The van der Waals surface area contributed by atoms with E-state index in [0.717, 1.165) is 29.3 Å². The van der Waals surface area contributed by atoms with Crippen LogP contribution < -0.4 is 10.5 Å². The third-order valence-electron chi connectivity index (χ3n) is 2.83. The summed E-state index contributed by atoms with van der Waals surface area (Å²) in [5.41, 5.74) is 7.79. The van der Waals surface area contributed by atoms with Crippen molar-refractivity contribution in [3.05, 3.63) is 36.2 Å². The molecule has 2 rings (SSSR count). The average Bonchev–Trinajstić information content (AvgIpc) is 2.72. The molecule has 2 aromatic rings. The largest absolute Gasteiger partial charge is 0.497 e. The Morgan fingerprint density at radius 3 is 2.59 bits per heavy atom. The predicted molar refractivity (Wildman–Crippen MR) is 68.0 cm³/mol. The highest BCUT2D eigenvalue weighted by Crippen LogP contribution is 2.21. The molecule has 17 heavy (non-hydrogen) atoms. The average molecular weight is 231 g/mol. The fourth-order valence-corrected chi connectivity index (χ4v) is 1.83. The van der Waals surface area contributed by atoms with Gasteiger partial charge < -0.3 is 15.0 Å². The van der Waals surface area contributed by atoms with Gasteiger partial charge in [0.2, 0.25) is 0 Å². The van der Waals surface area contributed by atoms with Gasteiger partial charge in [-0.3, -0.25) is 0 Å². The van der Waals surface area contributed by atoms with Crippen molar-refractivity contribution in [1.29, 1.82) is 0 Å². The Hall–Kier alpha value is -1.81. The van der Waals surface area contributed by atoms with Crippen molar-refractivity contribution in [3.63, 3.8) is 0 Å². The number of rotatable bonds is 4. The van der Waals surface area contributed by atoms with E-state index in [2.05, 4.69) is 9.55 Å². The second kappa shape index (κ2) is 5.01. The summed E-state index contributed by atoms with van der Waals surface area (Å²) in [5.74, 6) is 1.81. The second-order valence-corrected chi connectivity index (χ2v) is 3.90. The van der Waals surface area contributed by atoms with Crippen LogP contribution in [0.5, 0.6) is 5.75 Å². The first-order chi connectivity index (χ1) is 8.26. The third-order valence-corrected chi connectivity index (χ3v) is 2.83. The van der Waals surface area contributed by atoms with Gasteiger partial charge in [0, 0.05) is 30.9 Å². The van der Waals surface area contributed by atoms with Crippen LogP contribution in [0.3, 0.4) is 0 Å². The van der Waals surface area contributed by atoms with E-state index in [1.54, 1.807) is 7.11 Å². The zero-order valence-corrected chi connectivity index (χ0v) is 10.2. The number of aromatic nitrogens is 2. The van der Waals surface area contributed by atoms with Gasteiger partial charge in [-0.2, -0.15) is 0 Å². The molecule has 4 heteroatoms. The molecule has 1 aromatic carbocycles. The molecule has 0 radical (unpaired) electrons. The molecule has 0 unspecified atom stereocenters. The molecule has 0 aliphatic carbocycles. The summed E-state index contributed by atoms with van der Waals surface area (Å²) in [7, 11) is 3.67. The van der Waals surface area contributed by atoms with Gasteiger partial charge in [-0.1, -0.05) is 0 Å². The van der Waals surface area contributed by atoms with Gasteiger partial charge in [-0.15, -0.1) is 0 Å². The molecular weight excluding hydrogens is 214 g/mol. The minimum absolute atomic E-state index is 0.640. The second-order valence-electron chi connectivity index (χ2n) is 3.90. The normalized spacial score (nSPS) is 10.5. The number of benzene rings is 1. The monoisotopic (exact) mass is 231 g/mol. The zero-order chi connectivity index (χ0) is 12.3. The van der Waals surface area contributed by atoms with Gasteiger partial charge in [0.15, 0.2) is 0 Å². The third kappa shape index (κ3) is 2.31. The van der Waals surface area contributed by atoms with Crippen LogP contribution in [0.25, 0.3) is 11.4 Å². The van der Waals surface area contributed by atoms with Gasteiger partial charge >= 0.3 is 0 Å². The van der Waals surface area contributed by atoms with Crippen LogP contribution in [0.15, 0.2) is 30.5 Å². The first kappa shape index (κ1) is 11.7. The maximum absolute atomic E-state index is 5.56. The zero-order valence-electron chi connectivity index (χ0n) is 10.2. The van der Waals surface area contributed by atoms with Gasteiger partial charge in [0.05, 0.1) is 7.11 Å². The summed E-state index contributed by atoms with van der Waals surface area (Å²) in [4.78, 5) is 4.43. The molecule has 0 spiro atoms. The molecule has 0 fully saturated rings. The highest BCUT2D eigenvalue weighted by molar-refractivity contribution is 5.57. The Bertz CT molecular complexity index is 488. The van der Waals surface area contributed by atoms with E-state index in [1.807, 2.05) is 37.5 Å². The molecule has 1 heterocycles. The lowest BCUT2D eigenvalue weighted by Crippen LogP contribution is -2.07. The standard InChI is InChI=1S/C13H17N3O/c1-16-11(7-8-14)9-15-13(16)10-3-5-12(17-2)6-4-10/h3-6,9H,7-8,14H2,1-2H3. The molecule has 0 atom stereocenters. The van der Waals surface area contributed by atoms with E-state index in [1.165, 1.54) is 0 Å². The summed E-state index contributed by atoms with van der Waals surface area (Å²) in [6, 6.07) is 7.89. The van der Waals surface area contributed by atoms with Crippen LogP contribution in [0.1, 0.15) is 5.69 Å². The van der Waals surface area contributed by atoms with E-state index in [4.69, 9.17) is 10.5 Å². The number of ether oxygens (including phenoxy) is 1. The van der Waals surface area contributed by atoms with Crippen molar-refractivity contribution in [2.45, 2.75) is 6.42 Å². The van der Waals surface area contributed by atoms with E-state index < -0.39 is 0 Å². The van der Waals surface area contributed by atoms with Crippen LogP contribution in [-0.2, 0) is 13.5 Å². The minimum atomic E-state index is 0.640. The number of imidazole rings is 1. The van der Waals surface area contributed by atoms with Crippen LogP contribution in [0.4, 0.5) is 0 Å². The first-order valence-electron chi connectivity index (χ1n) is 5.61. The minimum Gasteiger partial charge on any atom is -0.497 e. The number of nitrogens with zero attached hydrogens (tertiary/aromatic N) is 2. The van der Waals surface area contributed by atoms with Crippen molar-refractivity contribution in [2.75, 3.05) is 13.7 Å². The van der Waals surface area contributed by atoms with Crippen molar-refractivity contribution < 1.29 is 4.74 Å². The smallest absolute Gasteiger partial charge is 0.139 e. The molecule has 4 nitrogen and oxygen atoms in total. The number of hydrogen-bond donors (Lipinski definition) is 1. The van der Waals surface area contributed by atoms with Gasteiger partial charge in [0.1, 0.15) is 11.6 Å². The summed E-state index contributed by atoms with van der Waals surface area (Å²) in [5, 5.41) is 0. The SMILES string of the molecule is COc1ccc(-c2ncc(CCN)n2C)cc1. The first-order valence-corrected chi connectivity index (χ1v) is 5.61. The lowest BCUT2D eigenvalue weighted by Gasteiger charge is -2.06. The topological polar surface area (TPSA) is 53.1 Å². The molecule has 2 N–H and O–H groups in total. The molecule has 0 saturated carbocycles. The summed E-state index contributed by atoms with van der Waals surface area (Å²) in [6.45, 7) is 0.640. The molecule has 1 aromatic heterocycles. The fourth-order valence-electron chi connectivity index (χ4n) is 1.83. The highest BCUT2D eigenvalue weighted by Gasteiger charge is 2.07. The Morgan fingerprint density at radius 2 is 2.00 bits per heavy atom. The lowest BCUT2D eigenvalue weighted by atomic mass is 10.2. The van der Waals surface area contributed by atoms with Crippen LogP contribution in [0.2, 0.25) is 0 Å². The molecule has 0 amide bonds. The summed E-state index contributed by atoms with van der Waals surface area (Å²) in [6.07, 6.45) is 2.73. The predicted octanol–water partition coefficient (Wildman–Crippen LogP) is 1.60. The van der Waals surface area contributed by atoms with E-state index in [0.29, 0.717) is 6.54 Å². The van der Waals surface area contributed by atoms with Crippen molar-refractivity contribution in [1.82, 2.24) is 9.55 Å². The fraction of sp³-hybridized carbons (Fsp3) is 0.308. The molecule has 0 aliphatic heterocycles. The molecular formula is C13H17N3O. The Labute approximate surface area is 101 Å². The van der Waals surface area contributed by atoms with Gasteiger partial charge in [-0.05, 0) is 30.8 Å². The number of methoxy groups -OCH3 is 1. The highest BCUT2D eigenvalue weighted by atomic mass is 16.5. The van der Waals surface area contributed by atoms with Gasteiger partial charge in [-0.25, -0.2) is 4.98 Å². The Kier molecular flexibility index (Phi) is 3.44. The Balaban J connectivity index is 2.32. The lowest BCUT2D eigenvalue weighted by molar-refractivity contribution is 0.415. The van der Waals surface area contributed by atoms with Crippen molar-refractivity contribution >= 4 is 0 Å². The maximum Gasteiger partial charge on any atom is 0.139 e. The van der Waals surface area contributed by atoms with E-state index in [9.17, 15) is 0 Å². The van der Waals surface area contributed by atoms with Crippen molar-refractivity contribution in [2.24, 2.45) is 12.8 Å². The summed E-state index contributed by atoms with van der Waals surface area (Å²) < 4.78 is 7.21. The number of nitrogens with two attached hydrogens (primary N) is 1. The number of hydrogen-bond acceptors (Lipinski definition) is 3. The molecule has 0 saturated heterocycles. The molecule has 90 valence electrons. The van der Waals surface area contributed by atoms with Crippen LogP contribution in [-0.4, -0.2) is 23.2 Å². The molecule has 0 bridgehead atoms. The van der Waals surface area contributed by atoms with E-state index >= 15 is 0 Å². The van der Waals surface area contributed by atoms with E-state index in [-0.39, 0.29) is 0 Å². The quantitative estimate of drug-likeness (QED) is 0.869.